The first-order valence-electron chi connectivity index (χ1n) is 6.20. The van der Waals surface area contributed by atoms with Crippen molar-refractivity contribution in [3.05, 3.63) is 0 Å². The summed E-state index contributed by atoms with van der Waals surface area (Å²) in [5, 5.41) is 5.18. The summed E-state index contributed by atoms with van der Waals surface area (Å²) in [6, 6.07) is 0.348. The van der Waals surface area contributed by atoms with Crippen molar-refractivity contribution < 1.29 is 18.0 Å². The van der Waals surface area contributed by atoms with Crippen molar-refractivity contribution >= 4 is 5.91 Å². The highest BCUT2D eigenvalue weighted by Crippen LogP contribution is 2.12. The highest BCUT2D eigenvalue weighted by Gasteiger charge is 2.28. The van der Waals surface area contributed by atoms with Gasteiger partial charge in [-0.05, 0) is 25.9 Å². The molecule has 1 rings (SSSR count). The van der Waals surface area contributed by atoms with Crippen LogP contribution in [0.1, 0.15) is 19.8 Å². The molecular formula is C11H20F3N3O. The summed E-state index contributed by atoms with van der Waals surface area (Å²) in [7, 11) is 0. The molecule has 0 aromatic carbocycles. The Kier molecular flexibility index (Phi) is 5.87. The highest BCUT2D eigenvalue weighted by atomic mass is 19.4. The number of likely N-dealkylation sites (N-methyl/N-ethyl adjacent to an activating group) is 1. The van der Waals surface area contributed by atoms with Gasteiger partial charge in [0, 0.05) is 12.6 Å². The lowest BCUT2D eigenvalue weighted by molar-refractivity contribution is -0.139. The maximum Gasteiger partial charge on any atom is 0.405 e. The second kappa shape index (κ2) is 6.94. The molecule has 1 amide bonds. The van der Waals surface area contributed by atoms with E-state index >= 15 is 0 Å². The topological polar surface area (TPSA) is 44.4 Å². The first-order valence-corrected chi connectivity index (χ1v) is 6.20. The van der Waals surface area contributed by atoms with Crippen LogP contribution in [0.25, 0.3) is 0 Å². The Bertz CT molecular complexity index is 265. The standard InChI is InChI=1S/C11H20F3N3O/c1-2-17(6-9-4-3-5-15-9)7-10(18)16-8-11(12,13)14/h9,15H,2-8H2,1H3,(H,16,18). The van der Waals surface area contributed by atoms with Gasteiger partial charge in [0.1, 0.15) is 6.54 Å². The zero-order valence-corrected chi connectivity index (χ0v) is 10.5. The monoisotopic (exact) mass is 267 g/mol. The van der Waals surface area contributed by atoms with Gasteiger partial charge >= 0.3 is 6.18 Å². The Labute approximate surface area is 105 Å². The molecule has 1 fully saturated rings. The third-order valence-electron chi connectivity index (χ3n) is 2.94. The van der Waals surface area contributed by atoms with Crippen molar-refractivity contribution in [2.75, 3.05) is 32.7 Å². The van der Waals surface area contributed by atoms with E-state index < -0.39 is 18.6 Å². The van der Waals surface area contributed by atoms with E-state index in [0.29, 0.717) is 19.1 Å². The zero-order chi connectivity index (χ0) is 13.6. The van der Waals surface area contributed by atoms with Crippen LogP contribution >= 0.6 is 0 Å². The van der Waals surface area contributed by atoms with Gasteiger partial charge in [0.2, 0.25) is 5.91 Å². The Morgan fingerprint density at radius 2 is 2.22 bits per heavy atom. The lowest BCUT2D eigenvalue weighted by atomic mass is 10.2. The summed E-state index contributed by atoms with van der Waals surface area (Å²) in [4.78, 5) is 13.2. The number of hydrogen-bond acceptors (Lipinski definition) is 3. The van der Waals surface area contributed by atoms with E-state index in [1.165, 1.54) is 0 Å². The molecule has 0 bridgehead atoms. The number of alkyl halides is 3. The van der Waals surface area contributed by atoms with Crippen LogP contribution in [-0.4, -0.2) is 55.7 Å². The smallest absolute Gasteiger partial charge is 0.346 e. The summed E-state index contributed by atoms with van der Waals surface area (Å²) < 4.78 is 35.8. The van der Waals surface area contributed by atoms with Gasteiger partial charge in [-0.1, -0.05) is 6.92 Å². The summed E-state index contributed by atoms with van der Waals surface area (Å²) in [5.74, 6) is -0.577. The summed E-state index contributed by atoms with van der Waals surface area (Å²) in [6.45, 7) is 2.98. The molecule has 0 aromatic rings. The molecule has 0 aromatic heterocycles. The van der Waals surface area contributed by atoms with E-state index in [9.17, 15) is 18.0 Å². The lowest BCUT2D eigenvalue weighted by Crippen LogP contribution is -2.44. The number of nitrogens with zero attached hydrogens (tertiary/aromatic N) is 1. The van der Waals surface area contributed by atoms with E-state index in [-0.39, 0.29) is 6.54 Å². The molecule has 0 aliphatic carbocycles. The van der Waals surface area contributed by atoms with Crippen LogP contribution in [-0.2, 0) is 4.79 Å². The fourth-order valence-electron chi connectivity index (χ4n) is 1.99. The molecule has 7 heteroatoms. The molecule has 1 aliphatic heterocycles. The van der Waals surface area contributed by atoms with Crippen molar-refractivity contribution in [3.8, 4) is 0 Å². The van der Waals surface area contributed by atoms with E-state index in [1.54, 1.807) is 0 Å². The number of carbonyl (C=O) groups is 1. The first-order chi connectivity index (χ1) is 8.40. The van der Waals surface area contributed by atoms with Crippen LogP contribution in [0.2, 0.25) is 0 Å². The fourth-order valence-corrected chi connectivity index (χ4v) is 1.99. The van der Waals surface area contributed by atoms with E-state index in [0.717, 1.165) is 19.4 Å². The van der Waals surface area contributed by atoms with Crippen LogP contribution in [0.4, 0.5) is 13.2 Å². The van der Waals surface area contributed by atoms with Crippen LogP contribution in [0.15, 0.2) is 0 Å². The van der Waals surface area contributed by atoms with Gasteiger partial charge in [0.15, 0.2) is 0 Å². The van der Waals surface area contributed by atoms with Gasteiger partial charge in [0.05, 0.1) is 6.54 Å². The Hall–Kier alpha value is -0.820. The normalized spacial score (nSPS) is 20.4. The van der Waals surface area contributed by atoms with Gasteiger partial charge in [-0.15, -0.1) is 0 Å². The molecule has 1 saturated heterocycles. The van der Waals surface area contributed by atoms with Gasteiger partial charge in [0.25, 0.3) is 0 Å². The predicted octanol–water partition coefficient (Wildman–Crippen LogP) is 0.739. The largest absolute Gasteiger partial charge is 0.405 e. The van der Waals surface area contributed by atoms with Crippen molar-refractivity contribution in [2.24, 2.45) is 0 Å². The van der Waals surface area contributed by atoms with Gasteiger partial charge in [-0.2, -0.15) is 13.2 Å². The van der Waals surface area contributed by atoms with Gasteiger partial charge in [-0.3, -0.25) is 9.69 Å². The van der Waals surface area contributed by atoms with Crippen LogP contribution in [0, 0.1) is 0 Å². The second-order valence-electron chi connectivity index (χ2n) is 4.51. The first kappa shape index (κ1) is 15.2. The third kappa shape index (κ3) is 6.20. The quantitative estimate of drug-likeness (QED) is 0.746. The molecule has 1 aliphatic rings. The van der Waals surface area contributed by atoms with Crippen LogP contribution in [0.5, 0.6) is 0 Å². The number of carbonyl (C=O) groups excluding carboxylic acids is 1. The second-order valence-corrected chi connectivity index (χ2v) is 4.51. The molecular weight excluding hydrogens is 247 g/mol. The number of rotatable bonds is 6. The molecule has 1 atom stereocenters. The van der Waals surface area contributed by atoms with Crippen LogP contribution in [0.3, 0.4) is 0 Å². The Balaban J connectivity index is 2.26. The molecule has 0 saturated carbocycles. The summed E-state index contributed by atoms with van der Waals surface area (Å²) >= 11 is 0. The summed E-state index contributed by atoms with van der Waals surface area (Å²) in [6.07, 6.45) is -2.18. The molecule has 0 radical (unpaired) electrons. The minimum atomic E-state index is -4.35. The molecule has 0 spiro atoms. The van der Waals surface area contributed by atoms with E-state index in [4.69, 9.17) is 0 Å². The van der Waals surface area contributed by atoms with Crippen molar-refractivity contribution in [3.63, 3.8) is 0 Å². The molecule has 1 unspecified atom stereocenters. The predicted molar refractivity (Wildman–Crippen MR) is 62.2 cm³/mol. The number of hydrogen-bond donors (Lipinski definition) is 2. The minimum Gasteiger partial charge on any atom is -0.346 e. The van der Waals surface area contributed by atoms with Crippen molar-refractivity contribution in [2.45, 2.75) is 32.0 Å². The Morgan fingerprint density at radius 1 is 1.50 bits per heavy atom. The van der Waals surface area contributed by atoms with Crippen LogP contribution < -0.4 is 10.6 Å². The molecule has 1 heterocycles. The molecule has 2 N–H and O–H groups in total. The van der Waals surface area contributed by atoms with E-state index in [2.05, 4.69) is 5.32 Å². The van der Waals surface area contributed by atoms with Gasteiger partial charge < -0.3 is 10.6 Å². The average Bonchev–Trinajstić information content (AvgIpc) is 2.77. The number of nitrogens with one attached hydrogen (secondary N) is 2. The zero-order valence-electron chi connectivity index (χ0n) is 10.5. The van der Waals surface area contributed by atoms with Crippen molar-refractivity contribution in [1.82, 2.24) is 15.5 Å². The minimum absolute atomic E-state index is 0.0186. The number of amides is 1. The maximum atomic E-state index is 11.9. The lowest BCUT2D eigenvalue weighted by Gasteiger charge is -2.23. The maximum absolute atomic E-state index is 11.9. The molecule has 106 valence electrons. The van der Waals surface area contributed by atoms with E-state index in [1.807, 2.05) is 17.1 Å². The molecule has 4 nitrogen and oxygen atoms in total. The van der Waals surface area contributed by atoms with Crippen molar-refractivity contribution in [1.29, 1.82) is 0 Å². The number of halogens is 3. The SMILES string of the molecule is CCN(CC(=O)NCC(F)(F)F)CC1CCCN1. The Morgan fingerprint density at radius 3 is 2.72 bits per heavy atom. The summed E-state index contributed by atoms with van der Waals surface area (Å²) in [5.41, 5.74) is 0. The highest BCUT2D eigenvalue weighted by molar-refractivity contribution is 5.78. The van der Waals surface area contributed by atoms with Gasteiger partial charge in [-0.25, -0.2) is 0 Å². The third-order valence-corrected chi connectivity index (χ3v) is 2.94. The molecule has 18 heavy (non-hydrogen) atoms. The average molecular weight is 267 g/mol. The fraction of sp³-hybridized carbons (Fsp3) is 0.909.